The molecule has 0 saturated carbocycles. The Morgan fingerprint density at radius 2 is 1.46 bits per heavy atom. The van der Waals surface area contributed by atoms with Gasteiger partial charge < -0.3 is 15.7 Å². The minimum absolute atomic E-state index is 0.269. The van der Waals surface area contributed by atoms with Crippen molar-refractivity contribution < 1.29 is 5.11 Å². The van der Waals surface area contributed by atoms with Gasteiger partial charge in [-0.1, -0.05) is 18.2 Å². The van der Waals surface area contributed by atoms with Crippen LogP contribution in [0.2, 0.25) is 0 Å². The molecule has 9 heteroatoms. The first-order valence-electron chi connectivity index (χ1n) is 13.4. The second-order valence-electron chi connectivity index (χ2n) is 9.65. The molecule has 5 aromatic rings. The van der Waals surface area contributed by atoms with E-state index >= 15 is 0 Å². The normalized spacial score (nSPS) is 11.2. The van der Waals surface area contributed by atoms with Crippen LogP contribution in [-0.4, -0.2) is 37.3 Å². The molecule has 9 nitrogen and oxygen atoms in total. The standard InChI is InChI=1S/C32H32N8O/c1-21-19-26(20-22(2)29(21)41)28-30(35-18-11-24-9-14-33-15-10-24)37-32(36-27-7-5-4-6-8-27)38-31(28)40-39-23(3)25-12-16-34-17-13-25/h4-10,12-17,19-20,41H,11,18H2,1-3H3,(H3,35,36,37,38,40). The summed E-state index contributed by atoms with van der Waals surface area (Å²) in [6.45, 7) is 6.32. The van der Waals surface area contributed by atoms with Crippen molar-refractivity contribution in [2.45, 2.75) is 27.2 Å². The highest BCUT2D eigenvalue weighted by Crippen LogP contribution is 2.38. The average molecular weight is 545 g/mol. The molecule has 0 aliphatic rings. The molecule has 0 atom stereocenters. The lowest BCUT2D eigenvalue weighted by Gasteiger charge is -2.18. The maximum atomic E-state index is 10.5. The first-order chi connectivity index (χ1) is 20.0. The first-order valence-corrected chi connectivity index (χ1v) is 13.4. The highest BCUT2D eigenvalue weighted by molar-refractivity contribution is 5.99. The van der Waals surface area contributed by atoms with Gasteiger partial charge in [0.25, 0.3) is 0 Å². The van der Waals surface area contributed by atoms with Gasteiger partial charge in [-0.25, -0.2) is 0 Å². The van der Waals surface area contributed by atoms with Gasteiger partial charge in [0.05, 0.1) is 11.3 Å². The lowest BCUT2D eigenvalue weighted by molar-refractivity contribution is 0.467. The Hall–Kier alpha value is -5.31. The van der Waals surface area contributed by atoms with Gasteiger partial charge in [0.15, 0.2) is 5.82 Å². The number of aromatic hydroxyl groups is 1. The van der Waals surface area contributed by atoms with Crippen LogP contribution in [0, 0.1) is 13.8 Å². The molecule has 0 aliphatic heterocycles. The molecule has 206 valence electrons. The van der Waals surface area contributed by atoms with Crippen LogP contribution >= 0.6 is 0 Å². The third kappa shape index (κ3) is 6.83. The van der Waals surface area contributed by atoms with Crippen molar-refractivity contribution in [3.8, 4) is 16.9 Å². The Bertz CT molecular complexity index is 1620. The summed E-state index contributed by atoms with van der Waals surface area (Å²) in [5, 5.41) is 22.0. The lowest BCUT2D eigenvalue weighted by atomic mass is 10.00. The summed E-state index contributed by atoms with van der Waals surface area (Å²) in [4.78, 5) is 18.0. The van der Waals surface area contributed by atoms with Crippen molar-refractivity contribution in [2.24, 2.45) is 5.10 Å². The molecule has 0 saturated heterocycles. The summed E-state index contributed by atoms with van der Waals surface area (Å²) in [6, 6.07) is 21.5. The van der Waals surface area contributed by atoms with E-state index in [1.54, 1.807) is 24.8 Å². The third-order valence-electron chi connectivity index (χ3n) is 6.60. The molecule has 0 fully saturated rings. The summed E-state index contributed by atoms with van der Waals surface area (Å²) in [6.07, 6.45) is 7.84. The van der Waals surface area contributed by atoms with E-state index in [0.29, 0.717) is 24.1 Å². The number of aromatic nitrogens is 4. The van der Waals surface area contributed by atoms with Crippen LogP contribution in [-0.2, 0) is 6.42 Å². The third-order valence-corrected chi connectivity index (χ3v) is 6.60. The fraction of sp³-hybridized carbons (Fsp3) is 0.156. The second-order valence-corrected chi connectivity index (χ2v) is 9.65. The van der Waals surface area contributed by atoms with Gasteiger partial charge in [-0.3, -0.25) is 15.4 Å². The highest BCUT2D eigenvalue weighted by atomic mass is 16.3. The molecule has 0 radical (unpaired) electrons. The quantitative estimate of drug-likeness (QED) is 0.116. The van der Waals surface area contributed by atoms with Crippen molar-refractivity contribution in [3.63, 3.8) is 0 Å². The monoisotopic (exact) mass is 544 g/mol. The molecule has 4 N–H and O–H groups in total. The lowest BCUT2D eigenvalue weighted by Crippen LogP contribution is -2.12. The predicted octanol–water partition coefficient (Wildman–Crippen LogP) is 6.49. The second kappa shape index (κ2) is 12.7. The molecule has 5 rings (SSSR count). The van der Waals surface area contributed by atoms with E-state index in [-0.39, 0.29) is 5.75 Å². The number of hydrogen-bond acceptors (Lipinski definition) is 9. The van der Waals surface area contributed by atoms with Crippen molar-refractivity contribution in [1.82, 2.24) is 19.9 Å². The zero-order valence-electron chi connectivity index (χ0n) is 23.3. The Balaban J connectivity index is 1.60. The van der Waals surface area contributed by atoms with E-state index < -0.39 is 0 Å². The van der Waals surface area contributed by atoms with Crippen LogP contribution in [0.5, 0.6) is 5.75 Å². The highest BCUT2D eigenvalue weighted by Gasteiger charge is 2.19. The zero-order valence-corrected chi connectivity index (χ0v) is 23.3. The fourth-order valence-corrected chi connectivity index (χ4v) is 4.42. The minimum atomic E-state index is 0.269. The maximum absolute atomic E-state index is 10.5. The number of nitrogens with zero attached hydrogens (tertiary/aromatic N) is 5. The van der Waals surface area contributed by atoms with Gasteiger partial charge in [0, 0.05) is 42.6 Å². The van der Waals surface area contributed by atoms with Crippen molar-refractivity contribution in [3.05, 3.63) is 114 Å². The van der Waals surface area contributed by atoms with E-state index in [1.807, 2.05) is 87.5 Å². The molecule has 41 heavy (non-hydrogen) atoms. The van der Waals surface area contributed by atoms with Crippen LogP contribution in [0.15, 0.2) is 96.6 Å². The topological polar surface area (TPSA) is 120 Å². The fourth-order valence-electron chi connectivity index (χ4n) is 4.42. The smallest absolute Gasteiger partial charge is 0.231 e. The summed E-state index contributed by atoms with van der Waals surface area (Å²) in [5.74, 6) is 1.84. The van der Waals surface area contributed by atoms with Crippen molar-refractivity contribution in [1.29, 1.82) is 0 Å². The van der Waals surface area contributed by atoms with Gasteiger partial charge in [-0.15, -0.1) is 0 Å². The van der Waals surface area contributed by atoms with E-state index in [4.69, 9.17) is 9.97 Å². The number of aryl methyl sites for hydroxylation is 2. The molecular formula is C32H32N8O. The molecular weight excluding hydrogens is 512 g/mol. The van der Waals surface area contributed by atoms with Crippen LogP contribution in [0.1, 0.15) is 29.2 Å². The number of phenolic OH excluding ortho intramolecular Hbond substituents is 1. The molecule has 0 unspecified atom stereocenters. The summed E-state index contributed by atoms with van der Waals surface area (Å²) >= 11 is 0. The number of benzene rings is 2. The van der Waals surface area contributed by atoms with E-state index in [9.17, 15) is 5.11 Å². The SMILES string of the molecule is CC(=NNc1nc(Nc2ccccc2)nc(NCCc2ccncc2)c1-c1cc(C)c(O)c(C)c1)c1ccncc1. The van der Waals surface area contributed by atoms with Crippen LogP contribution < -0.4 is 16.1 Å². The van der Waals surface area contributed by atoms with Gasteiger partial charge in [-0.2, -0.15) is 15.1 Å². The largest absolute Gasteiger partial charge is 0.507 e. The van der Waals surface area contributed by atoms with Crippen molar-refractivity contribution >= 4 is 29.0 Å². The number of phenols is 1. The van der Waals surface area contributed by atoms with E-state index in [2.05, 4.69) is 31.1 Å². The molecule has 0 spiro atoms. The number of hydrogen-bond donors (Lipinski definition) is 4. The van der Waals surface area contributed by atoms with Gasteiger partial charge in [-0.05, 0) is 98.0 Å². The number of anilines is 4. The zero-order chi connectivity index (χ0) is 28.6. The number of para-hydroxylation sites is 1. The molecule has 0 amide bonds. The predicted molar refractivity (Wildman–Crippen MR) is 165 cm³/mol. The maximum Gasteiger partial charge on any atom is 0.231 e. The van der Waals surface area contributed by atoms with Gasteiger partial charge in [0.1, 0.15) is 11.6 Å². The molecule has 0 bridgehead atoms. The molecule has 0 aliphatic carbocycles. The first kappa shape index (κ1) is 27.3. The molecule has 2 aromatic carbocycles. The average Bonchev–Trinajstić information content (AvgIpc) is 3.00. The Morgan fingerprint density at radius 3 is 2.15 bits per heavy atom. The van der Waals surface area contributed by atoms with Crippen LogP contribution in [0.4, 0.5) is 23.3 Å². The van der Waals surface area contributed by atoms with Crippen LogP contribution in [0.25, 0.3) is 11.1 Å². The van der Waals surface area contributed by atoms with Crippen LogP contribution in [0.3, 0.4) is 0 Å². The van der Waals surface area contributed by atoms with Gasteiger partial charge in [0.2, 0.25) is 5.95 Å². The Kier molecular flexibility index (Phi) is 8.44. The number of rotatable bonds is 10. The minimum Gasteiger partial charge on any atom is -0.507 e. The Morgan fingerprint density at radius 1 is 0.829 bits per heavy atom. The molecule has 3 aromatic heterocycles. The summed E-state index contributed by atoms with van der Waals surface area (Å²) in [7, 11) is 0. The van der Waals surface area contributed by atoms with E-state index in [0.717, 1.165) is 51.2 Å². The molecule has 3 heterocycles. The van der Waals surface area contributed by atoms with Gasteiger partial charge >= 0.3 is 0 Å². The number of hydrazone groups is 1. The van der Waals surface area contributed by atoms with Crippen molar-refractivity contribution in [2.75, 3.05) is 22.6 Å². The summed E-state index contributed by atoms with van der Waals surface area (Å²) in [5.41, 5.74) is 10.1. The summed E-state index contributed by atoms with van der Waals surface area (Å²) < 4.78 is 0. The number of pyridine rings is 2. The van der Waals surface area contributed by atoms with E-state index in [1.165, 1.54) is 0 Å². The Labute approximate surface area is 239 Å². The number of nitrogens with one attached hydrogen (secondary N) is 3.